The van der Waals surface area contributed by atoms with Crippen LogP contribution in [0.15, 0.2) is 29.3 Å². The number of aliphatic imine (C=N–C) groups is 1. The summed E-state index contributed by atoms with van der Waals surface area (Å²) in [5.41, 5.74) is -0.469. The Kier molecular flexibility index (Phi) is 3.84. The van der Waals surface area contributed by atoms with Gasteiger partial charge in [-0.05, 0) is 39.8 Å². The van der Waals surface area contributed by atoms with E-state index in [9.17, 15) is 9.59 Å². The van der Waals surface area contributed by atoms with E-state index in [0.29, 0.717) is 11.1 Å². The van der Waals surface area contributed by atoms with Crippen molar-refractivity contribution >= 4 is 29.3 Å². The van der Waals surface area contributed by atoms with Crippen LogP contribution in [0, 0.1) is 11.3 Å². The number of hydrogen-bond donors (Lipinski definition) is 0. The highest BCUT2D eigenvalue weighted by Crippen LogP contribution is 2.29. The number of imide groups is 1. The molecule has 5 nitrogen and oxygen atoms in total. The lowest BCUT2D eigenvalue weighted by Gasteiger charge is -2.28. The van der Waals surface area contributed by atoms with E-state index in [1.165, 1.54) is 0 Å². The Labute approximate surface area is 134 Å². The molecule has 2 rings (SSSR count). The molecule has 0 bridgehead atoms. The Morgan fingerprint density at radius 1 is 1.14 bits per heavy atom. The van der Waals surface area contributed by atoms with Crippen LogP contribution in [0.1, 0.15) is 48.4 Å². The molecule has 22 heavy (non-hydrogen) atoms. The van der Waals surface area contributed by atoms with Crippen LogP contribution in [0.4, 0.5) is 0 Å². The van der Waals surface area contributed by atoms with Crippen LogP contribution in [-0.4, -0.2) is 33.0 Å². The van der Waals surface area contributed by atoms with E-state index in [-0.39, 0.29) is 5.84 Å². The number of hydrogen-bond acceptors (Lipinski definition) is 4. The van der Waals surface area contributed by atoms with Crippen LogP contribution >= 0.6 is 11.6 Å². The molecule has 0 N–H and O–H groups in total. The van der Waals surface area contributed by atoms with Crippen molar-refractivity contribution < 1.29 is 9.59 Å². The van der Waals surface area contributed by atoms with Gasteiger partial charge < -0.3 is 0 Å². The molecule has 0 aromatic heterocycles. The minimum absolute atomic E-state index is 0.0758. The Morgan fingerprint density at radius 2 is 1.59 bits per heavy atom. The second kappa shape index (κ2) is 5.22. The fourth-order valence-corrected chi connectivity index (χ4v) is 2.25. The van der Waals surface area contributed by atoms with Crippen molar-refractivity contribution in [3.05, 3.63) is 35.4 Å². The standard InChI is InChI=1S/C16H16ClN3O2/c1-15(2,9-18)19-14(16(3,4)17)20-12(21)10-7-5-6-8-11(10)13(20)22/h5-8H,1-4H3. The van der Waals surface area contributed by atoms with Crippen LogP contribution in [-0.2, 0) is 0 Å². The predicted molar refractivity (Wildman–Crippen MR) is 84.0 cm³/mol. The highest BCUT2D eigenvalue weighted by molar-refractivity contribution is 6.41. The second-order valence-electron chi connectivity index (χ2n) is 6.07. The number of amides is 2. The highest BCUT2D eigenvalue weighted by atomic mass is 35.5. The third-order valence-electron chi connectivity index (χ3n) is 3.20. The summed E-state index contributed by atoms with van der Waals surface area (Å²) in [5, 5.41) is 9.17. The molecule has 0 aliphatic carbocycles. The zero-order chi connectivity index (χ0) is 16.7. The van der Waals surface area contributed by atoms with Gasteiger partial charge in [-0.2, -0.15) is 5.26 Å². The van der Waals surface area contributed by atoms with E-state index in [4.69, 9.17) is 16.9 Å². The van der Waals surface area contributed by atoms with Crippen molar-refractivity contribution in [3.8, 4) is 6.07 Å². The first-order valence-electron chi connectivity index (χ1n) is 6.77. The number of benzene rings is 1. The summed E-state index contributed by atoms with van der Waals surface area (Å²) < 4.78 is 0. The van der Waals surface area contributed by atoms with Gasteiger partial charge in [-0.1, -0.05) is 12.1 Å². The van der Waals surface area contributed by atoms with Gasteiger partial charge in [-0.15, -0.1) is 11.6 Å². The topological polar surface area (TPSA) is 73.5 Å². The van der Waals surface area contributed by atoms with E-state index in [2.05, 4.69) is 4.99 Å². The molecule has 1 aromatic rings. The van der Waals surface area contributed by atoms with Gasteiger partial charge >= 0.3 is 0 Å². The third-order valence-corrected chi connectivity index (χ3v) is 3.37. The minimum Gasteiger partial charge on any atom is -0.268 e. The van der Waals surface area contributed by atoms with Gasteiger partial charge in [0.05, 0.1) is 22.1 Å². The monoisotopic (exact) mass is 317 g/mol. The van der Waals surface area contributed by atoms with Crippen molar-refractivity contribution in [2.45, 2.75) is 38.1 Å². The summed E-state index contributed by atoms with van der Waals surface area (Å²) in [4.78, 5) is 29.3. The molecule has 1 aliphatic heterocycles. The molecular weight excluding hydrogens is 302 g/mol. The van der Waals surface area contributed by atoms with Crippen LogP contribution in [0.5, 0.6) is 0 Å². The lowest BCUT2D eigenvalue weighted by atomic mass is 10.1. The number of nitrogens with zero attached hydrogens (tertiary/aromatic N) is 3. The van der Waals surface area contributed by atoms with Gasteiger partial charge in [-0.3, -0.25) is 9.59 Å². The Balaban J connectivity index is 2.60. The summed E-state index contributed by atoms with van der Waals surface area (Å²) in [6.45, 7) is 6.44. The first kappa shape index (κ1) is 16.2. The van der Waals surface area contributed by atoms with Crippen molar-refractivity contribution in [1.82, 2.24) is 4.90 Å². The van der Waals surface area contributed by atoms with Gasteiger partial charge in [0.1, 0.15) is 11.4 Å². The molecule has 0 saturated carbocycles. The molecular formula is C16H16ClN3O2. The number of nitriles is 1. The molecule has 0 fully saturated rings. The van der Waals surface area contributed by atoms with Crippen LogP contribution in [0.25, 0.3) is 0 Å². The van der Waals surface area contributed by atoms with E-state index < -0.39 is 22.2 Å². The summed E-state index contributed by atoms with van der Waals surface area (Å²) in [5.74, 6) is -0.865. The van der Waals surface area contributed by atoms with Crippen molar-refractivity contribution in [2.75, 3.05) is 0 Å². The summed E-state index contributed by atoms with van der Waals surface area (Å²) in [7, 11) is 0. The maximum atomic E-state index is 12.6. The average Bonchev–Trinajstić information content (AvgIpc) is 2.68. The lowest BCUT2D eigenvalue weighted by molar-refractivity contribution is 0.0743. The van der Waals surface area contributed by atoms with Crippen molar-refractivity contribution in [3.63, 3.8) is 0 Å². The fraction of sp³-hybridized carbons (Fsp3) is 0.375. The average molecular weight is 318 g/mol. The van der Waals surface area contributed by atoms with E-state index >= 15 is 0 Å². The Morgan fingerprint density at radius 3 is 1.95 bits per heavy atom. The number of carbonyl (C=O) groups is 2. The molecule has 2 amide bonds. The molecule has 6 heteroatoms. The first-order valence-corrected chi connectivity index (χ1v) is 7.14. The number of carbonyl (C=O) groups excluding carboxylic acids is 2. The molecule has 1 heterocycles. The van der Waals surface area contributed by atoms with Crippen LogP contribution < -0.4 is 0 Å². The normalized spacial score (nSPS) is 15.8. The number of alkyl halides is 1. The fourth-order valence-electron chi connectivity index (χ4n) is 2.12. The van der Waals surface area contributed by atoms with Gasteiger partial charge in [0.2, 0.25) is 0 Å². The largest absolute Gasteiger partial charge is 0.268 e. The maximum Gasteiger partial charge on any atom is 0.267 e. The lowest BCUT2D eigenvalue weighted by Crippen LogP contribution is -2.47. The number of fused-ring (bicyclic) bond motifs is 1. The molecule has 0 radical (unpaired) electrons. The summed E-state index contributed by atoms with van der Waals surface area (Å²) in [6.07, 6.45) is 0. The molecule has 0 unspecified atom stereocenters. The van der Waals surface area contributed by atoms with Crippen molar-refractivity contribution in [1.29, 1.82) is 5.26 Å². The quantitative estimate of drug-likeness (QED) is 0.364. The van der Waals surface area contributed by atoms with E-state index in [1.807, 2.05) is 6.07 Å². The van der Waals surface area contributed by atoms with Gasteiger partial charge in [0.25, 0.3) is 11.8 Å². The molecule has 0 saturated heterocycles. The SMILES string of the molecule is CC(C)(C#N)N=C(N1C(=O)c2ccccc2C1=O)C(C)(C)Cl. The predicted octanol–water partition coefficient (Wildman–Crippen LogP) is 3.00. The zero-order valence-corrected chi connectivity index (χ0v) is 13.6. The van der Waals surface area contributed by atoms with Crippen LogP contribution in [0.3, 0.4) is 0 Å². The van der Waals surface area contributed by atoms with Gasteiger partial charge in [0.15, 0.2) is 0 Å². The molecule has 0 atom stereocenters. The summed E-state index contributed by atoms with van der Waals surface area (Å²) >= 11 is 6.33. The zero-order valence-electron chi connectivity index (χ0n) is 12.8. The highest BCUT2D eigenvalue weighted by Gasteiger charge is 2.43. The number of rotatable bonds is 2. The minimum atomic E-state index is -1.10. The van der Waals surface area contributed by atoms with Crippen molar-refractivity contribution in [2.24, 2.45) is 4.99 Å². The summed E-state index contributed by atoms with van der Waals surface area (Å²) in [6, 6.07) is 8.58. The maximum absolute atomic E-state index is 12.6. The van der Waals surface area contributed by atoms with Crippen LogP contribution in [0.2, 0.25) is 0 Å². The third kappa shape index (κ3) is 2.75. The first-order chi connectivity index (χ1) is 10.1. The Bertz CT molecular complexity index is 689. The molecule has 0 spiro atoms. The molecule has 1 aromatic carbocycles. The van der Waals surface area contributed by atoms with E-state index in [1.54, 1.807) is 52.0 Å². The smallest absolute Gasteiger partial charge is 0.267 e. The second-order valence-corrected chi connectivity index (χ2v) is 7.01. The number of halogens is 1. The number of amidine groups is 1. The van der Waals surface area contributed by atoms with E-state index in [0.717, 1.165) is 4.90 Å². The Hall–Kier alpha value is -2.19. The molecule has 114 valence electrons. The molecule has 1 aliphatic rings. The van der Waals surface area contributed by atoms with Gasteiger partial charge in [0, 0.05) is 0 Å². The van der Waals surface area contributed by atoms with Gasteiger partial charge in [-0.25, -0.2) is 9.89 Å².